The van der Waals surface area contributed by atoms with E-state index in [9.17, 15) is 9.90 Å². The van der Waals surface area contributed by atoms with Gasteiger partial charge in [-0.3, -0.25) is 9.48 Å². The van der Waals surface area contributed by atoms with Crippen LogP contribution >= 0.6 is 0 Å². The zero-order valence-corrected chi connectivity index (χ0v) is 10.9. The first kappa shape index (κ1) is 14.0. The summed E-state index contributed by atoms with van der Waals surface area (Å²) in [5, 5.41) is 19.4. The van der Waals surface area contributed by atoms with E-state index < -0.39 is 6.04 Å². The van der Waals surface area contributed by atoms with Gasteiger partial charge in [-0.05, 0) is 24.1 Å². The zero-order valence-electron chi connectivity index (χ0n) is 10.9. The number of nitrogens with one attached hydrogen (secondary N) is 1. The number of nitrogens with zero attached hydrogens (tertiary/aromatic N) is 3. The molecule has 0 spiro atoms. The summed E-state index contributed by atoms with van der Waals surface area (Å²) in [6, 6.07) is 6.03. The molecule has 1 atom stereocenters. The van der Waals surface area contributed by atoms with Gasteiger partial charge >= 0.3 is 0 Å². The molecule has 2 rings (SSSR count). The van der Waals surface area contributed by atoms with Crippen molar-refractivity contribution in [1.29, 1.82) is 0 Å². The molecule has 0 radical (unpaired) electrons. The van der Waals surface area contributed by atoms with Crippen LogP contribution in [0.4, 0.5) is 0 Å². The molecule has 7 heteroatoms. The highest BCUT2D eigenvalue weighted by molar-refractivity contribution is 5.81. The molecule has 1 aromatic carbocycles. The van der Waals surface area contributed by atoms with Crippen LogP contribution in [0, 0.1) is 0 Å². The molecule has 106 valence electrons. The molecule has 1 heterocycles. The summed E-state index contributed by atoms with van der Waals surface area (Å²) < 4.78 is 1.63. The normalized spacial score (nSPS) is 12.1. The van der Waals surface area contributed by atoms with Crippen LogP contribution in [0.2, 0.25) is 0 Å². The predicted octanol–water partition coefficient (Wildman–Crippen LogP) is -0.330. The second-order valence-electron chi connectivity index (χ2n) is 4.43. The number of phenolic OH excluding ortho intramolecular Hbond substituents is 1. The van der Waals surface area contributed by atoms with E-state index in [1.54, 1.807) is 41.3 Å². The third-order valence-corrected chi connectivity index (χ3v) is 2.84. The second-order valence-corrected chi connectivity index (χ2v) is 4.43. The zero-order chi connectivity index (χ0) is 14.4. The Labute approximate surface area is 116 Å². The molecule has 4 N–H and O–H groups in total. The summed E-state index contributed by atoms with van der Waals surface area (Å²) in [7, 11) is 0. The number of phenols is 1. The number of rotatable bonds is 6. The maximum Gasteiger partial charge on any atom is 0.237 e. The molecular formula is C13H17N5O2. The van der Waals surface area contributed by atoms with E-state index in [1.807, 2.05) is 0 Å². The molecule has 7 nitrogen and oxygen atoms in total. The Morgan fingerprint density at radius 1 is 1.40 bits per heavy atom. The summed E-state index contributed by atoms with van der Waals surface area (Å²) in [5.41, 5.74) is 6.74. The fraction of sp³-hybridized carbons (Fsp3) is 0.308. The van der Waals surface area contributed by atoms with Crippen LogP contribution in [0.25, 0.3) is 0 Å². The Hall–Kier alpha value is -2.41. The average molecular weight is 275 g/mol. The maximum atomic E-state index is 11.8. The number of benzene rings is 1. The quantitative estimate of drug-likeness (QED) is 0.669. The van der Waals surface area contributed by atoms with Crippen LogP contribution in [0.1, 0.15) is 5.56 Å². The Morgan fingerprint density at radius 3 is 2.80 bits per heavy atom. The van der Waals surface area contributed by atoms with E-state index >= 15 is 0 Å². The van der Waals surface area contributed by atoms with Crippen molar-refractivity contribution < 1.29 is 9.90 Å². The molecule has 0 bridgehead atoms. The van der Waals surface area contributed by atoms with Crippen molar-refractivity contribution in [1.82, 2.24) is 20.3 Å². The average Bonchev–Trinajstić information content (AvgIpc) is 2.94. The van der Waals surface area contributed by atoms with Crippen molar-refractivity contribution >= 4 is 5.91 Å². The monoisotopic (exact) mass is 275 g/mol. The van der Waals surface area contributed by atoms with Gasteiger partial charge in [-0.2, -0.15) is 0 Å². The Morgan fingerprint density at radius 2 is 2.15 bits per heavy atom. The summed E-state index contributed by atoms with van der Waals surface area (Å²) in [6.45, 7) is 1.00. The number of carbonyl (C=O) groups is 1. The van der Waals surface area contributed by atoms with Crippen molar-refractivity contribution in [3.63, 3.8) is 0 Å². The Bertz CT molecular complexity index is 538. The van der Waals surface area contributed by atoms with Gasteiger partial charge in [-0.15, -0.1) is 5.10 Å². The molecule has 0 fully saturated rings. The fourth-order valence-electron chi connectivity index (χ4n) is 1.76. The topological polar surface area (TPSA) is 106 Å². The number of carbonyl (C=O) groups excluding carboxylic acids is 1. The van der Waals surface area contributed by atoms with Gasteiger partial charge in [0.05, 0.1) is 18.8 Å². The molecule has 0 aliphatic heterocycles. The first-order chi connectivity index (χ1) is 9.65. The van der Waals surface area contributed by atoms with Crippen LogP contribution in [0.3, 0.4) is 0 Å². The van der Waals surface area contributed by atoms with Gasteiger partial charge in [0.1, 0.15) is 5.75 Å². The summed E-state index contributed by atoms with van der Waals surface area (Å²) >= 11 is 0. The van der Waals surface area contributed by atoms with Crippen molar-refractivity contribution in [2.75, 3.05) is 6.54 Å². The van der Waals surface area contributed by atoms with Crippen LogP contribution < -0.4 is 11.1 Å². The minimum atomic E-state index is -0.615. The van der Waals surface area contributed by atoms with Crippen molar-refractivity contribution in [2.45, 2.75) is 19.0 Å². The number of nitrogens with two attached hydrogens (primary N) is 1. The SMILES string of the molecule is N[C@H](Cc1ccc(O)cc1)C(=O)NCCn1ccnn1. The number of aromatic hydroxyl groups is 1. The summed E-state index contributed by atoms with van der Waals surface area (Å²) in [5.74, 6) is -0.0159. The minimum Gasteiger partial charge on any atom is -0.508 e. The van der Waals surface area contributed by atoms with E-state index in [0.717, 1.165) is 5.56 Å². The highest BCUT2D eigenvalue weighted by Gasteiger charge is 2.13. The van der Waals surface area contributed by atoms with Gasteiger partial charge in [0.2, 0.25) is 5.91 Å². The number of hydrogen-bond donors (Lipinski definition) is 3. The van der Waals surface area contributed by atoms with Crippen LogP contribution in [0.15, 0.2) is 36.7 Å². The van der Waals surface area contributed by atoms with Crippen molar-refractivity contribution in [2.24, 2.45) is 5.73 Å². The standard InChI is InChI=1S/C13H17N5O2/c14-12(9-10-1-3-11(19)4-2-10)13(20)15-5-7-18-8-6-16-17-18/h1-4,6,8,12,19H,5,7,9,14H2,(H,15,20)/t12-/m1/s1. The first-order valence-electron chi connectivity index (χ1n) is 6.30. The lowest BCUT2D eigenvalue weighted by molar-refractivity contribution is -0.122. The Kier molecular flexibility index (Phi) is 4.67. The van der Waals surface area contributed by atoms with E-state index in [2.05, 4.69) is 15.6 Å². The number of amides is 1. The first-order valence-corrected chi connectivity index (χ1v) is 6.30. The van der Waals surface area contributed by atoms with Gasteiger partial charge in [-0.25, -0.2) is 0 Å². The van der Waals surface area contributed by atoms with Crippen molar-refractivity contribution in [3.8, 4) is 5.75 Å². The molecule has 20 heavy (non-hydrogen) atoms. The summed E-state index contributed by atoms with van der Waals surface area (Å²) in [4.78, 5) is 11.8. The minimum absolute atomic E-state index is 0.194. The molecule has 0 unspecified atom stereocenters. The van der Waals surface area contributed by atoms with Gasteiger partial charge in [0, 0.05) is 12.7 Å². The third kappa shape index (κ3) is 4.06. The molecule has 0 aliphatic carbocycles. The fourth-order valence-corrected chi connectivity index (χ4v) is 1.76. The van der Waals surface area contributed by atoms with Gasteiger partial charge in [0.25, 0.3) is 0 Å². The van der Waals surface area contributed by atoms with E-state index in [1.165, 1.54) is 0 Å². The van der Waals surface area contributed by atoms with Gasteiger partial charge < -0.3 is 16.2 Å². The molecule has 0 saturated heterocycles. The van der Waals surface area contributed by atoms with E-state index in [4.69, 9.17) is 5.73 Å². The summed E-state index contributed by atoms with van der Waals surface area (Å²) in [6.07, 6.45) is 3.73. The molecule has 1 amide bonds. The lowest BCUT2D eigenvalue weighted by Gasteiger charge is -2.12. The highest BCUT2D eigenvalue weighted by Crippen LogP contribution is 2.10. The predicted molar refractivity (Wildman–Crippen MR) is 72.8 cm³/mol. The smallest absolute Gasteiger partial charge is 0.237 e. The van der Waals surface area contributed by atoms with Crippen LogP contribution in [0.5, 0.6) is 5.75 Å². The molecule has 0 saturated carbocycles. The molecule has 2 aromatic rings. The largest absolute Gasteiger partial charge is 0.508 e. The van der Waals surface area contributed by atoms with Gasteiger partial charge in [-0.1, -0.05) is 17.3 Å². The highest BCUT2D eigenvalue weighted by atomic mass is 16.3. The molecule has 0 aliphatic rings. The van der Waals surface area contributed by atoms with Crippen LogP contribution in [-0.4, -0.2) is 38.6 Å². The van der Waals surface area contributed by atoms with Crippen molar-refractivity contribution in [3.05, 3.63) is 42.2 Å². The lowest BCUT2D eigenvalue weighted by atomic mass is 10.1. The third-order valence-electron chi connectivity index (χ3n) is 2.84. The molecular weight excluding hydrogens is 258 g/mol. The maximum absolute atomic E-state index is 11.8. The molecule has 1 aromatic heterocycles. The second kappa shape index (κ2) is 6.67. The van der Waals surface area contributed by atoms with Gasteiger partial charge in [0.15, 0.2) is 0 Å². The number of aromatic nitrogens is 3. The lowest BCUT2D eigenvalue weighted by Crippen LogP contribution is -2.43. The number of hydrogen-bond acceptors (Lipinski definition) is 5. The Balaban J connectivity index is 1.75. The van der Waals surface area contributed by atoms with E-state index in [-0.39, 0.29) is 11.7 Å². The van der Waals surface area contributed by atoms with Crippen LogP contribution in [-0.2, 0) is 17.8 Å². The van der Waals surface area contributed by atoms with E-state index in [0.29, 0.717) is 19.5 Å².